The van der Waals surface area contributed by atoms with Crippen LogP contribution in [-0.2, 0) is 6.42 Å². The number of hydrogen-bond acceptors (Lipinski definition) is 6. The molecule has 4 aromatic rings. The Bertz CT molecular complexity index is 1530. The number of phenolic OH excluding ortho intramolecular Hbond substituents is 1. The van der Waals surface area contributed by atoms with Crippen molar-refractivity contribution in [1.82, 2.24) is 15.1 Å². The molecule has 2 N–H and O–H groups in total. The first-order valence-electron chi connectivity index (χ1n) is 13.6. The van der Waals surface area contributed by atoms with E-state index in [9.17, 15) is 9.90 Å². The number of aromatic nitrogens is 2. The van der Waals surface area contributed by atoms with Crippen molar-refractivity contribution in [2.24, 2.45) is 5.92 Å². The SMILES string of the molecule is COc1ccc(CCN2C(=O)c3[nH]nc(-c4cc(Cl)ccc4O)c3C2c2ccc(OCCC(C)C)c(OC)c2)cc1. The van der Waals surface area contributed by atoms with Crippen LogP contribution in [0.15, 0.2) is 60.7 Å². The van der Waals surface area contributed by atoms with E-state index in [1.807, 2.05) is 47.4 Å². The maximum atomic E-state index is 13.8. The van der Waals surface area contributed by atoms with E-state index in [-0.39, 0.29) is 11.7 Å². The minimum atomic E-state index is -0.485. The Morgan fingerprint density at radius 3 is 2.51 bits per heavy atom. The third kappa shape index (κ3) is 5.84. The van der Waals surface area contributed by atoms with Crippen molar-refractivity contribution in [1.29, 1.82) is 0 Å². The van der Waals surface area contributed by atoms with Gasteiger partial charge < -0.3 is 24.2 Å². The van der Waals surface area contributed by atoms with Crippen LogP contribution in [0.25, 0.3) is 11.3 Å². The standard InChI is InChI=1S/C32H34ClN3O5/c1-19(2)14-16-41-26-12-7-21(17-27(26)40-4)31-28-29(24-18-22(33)8-11-25(24)37)34-35-30(28)32(38)36(31)15-13-20-5-9-23(39-3)10-6-20/h5-12,17-19,31,37H,13-16H2,1-4H3,(H,34,35). The van der Waals surface area contributed by atoms with Crippen LogP contribution >= 0.6 is 11.6 Å². The second-order valence-electron chi connectivity index (χ2n) is 10.5. The van der Waals surface area contributed by atoms with Gasteiger partial charge in [0.05, 0.1) is 26.9 Å². The highest BCUT2D eigenvalue weighted by atomic mass is 35.5. The number of aromatic hydroxyl groups is 1. The van der Waals surface area contributed by atoms with Crippen LogP contribution in [0.5, 0.6) is 23.0 Å². The number of fused-ring (bicyclic) bond motifs is 1. The fourth-order valence-corrected chi connectivity index (χ4v) is 5.27. The number of carbonyl (C=O) groups excluding carboxylic acids is 1. The summed E-state index contributed by atoms with van der Waals surface area (Å²) in [5.74, 6) is 2.38. The Hall–Kier alpha value is -4.17. The van der Waals surface area contributed by atoms with Crippen molar-refractivity contribution in [3.8, 4) is 34.3 Å². The molecule has 1 aromatic heterocycles. The summed E-state index contributed by atoms with van der Waals surface area (Å²) in [6.07, 6.45) is 1.56. The summed E-state index contributed by atoms with van der Waals surface area (Å²) in [4.78, 5) is 15.6. The second-order valence-corrected chi connectivity index (χ2v) is 10.9. The van der Waals surface area contributed by atoms with Gasteiger partial charge in [-0.2, -0.15) is 5.10 Å². The van der Waals surface area contributed by atoms with Crippen molar-refractivity contribution in [3.63, 3.8) is 0 Å². The van der Waals surface area contributed by atoms with Gasteiger partial charge in [-0.25, -0.2) is 0 Å². The molecular formula is C32H34ClN3O5. The molecule has 0 bridgehead atoms. The van der Waals surface area contributed by atoms with E-state index in [0.29, 0.717) is 64.5 Å². The van der Waals surface area contributed by atoms with E-state index < -0.39 is 6.04 Å². The first-order valence-corrected chi connectivity index (χ1v) is 14.0. The smallest absolute Gasteiger partial charge is 0.273 e. The number of benzene rings is 3. The highest BCUT2D eigenvalue weighted by Crippen LogP contribution is 2.46. The van der Waals surface area contributed by atoms with Gasteiger partial charge in [0.25, 0.3) is 5.91 Å². The van der Waals surface area contributed by atoms with Crippen LogP contribution in [0.4, 0.5) is 0 Å². The lowest BCUT2D eigenvalue weighted by Crippen LogP contribution is -2.31. The highest BCUT2D eigenvalue weighted by Gasteiger charge is 2.42. The molecule has 41 heavy (non-hydrogen) atoms. The number of phenols is 1. The summed E-state index contributed by atoms with van der Waals surface area (Å²) in [6.45, 7) is 5.33. The predicted octanol–water partition coefficient (Wildman–Crippen LogP) is 6.67. The van der Waals surface area contributed by atoms with Crippen molar-refractivity contribution >= 4 is 17.5 Å². The van der Waals surface area contributed by atoms with Crippen molar-refractivity contribution in [3.05, 3.63) is 88.1 Å². The zero-order valence-corrected chi connectivity index (χ0v) is 24.4. The Balaban J connectivity index is 1.55. The number of halogens is 1. The van der Waals surface area contributed by atoms with E-state index in [1.165, 1.54) is 6.07 Å². The van der Waals surface area contributed by atoms with Gasteiger partial charge in [0, 0.05) is 22.7 Å². The molecule has 0 spiro atoms. The number of H-pyrrole nitrogens is 1. The van der Waals surface area contributed by atoms with Gasteiger partial charge in [0.1, 0.15) is 22.9 Å². The Labute approximate surface area is 244 Å². The molecular weight excluding hydrogens is 542 g/mol. The average molecular weight is 576 g/mol. The first-order chi connectivity index (χ1) is 19.8. The number of rotatable bonds is 11. The van der Waals surface area contributed by atoms with Crippen LogP contribution in [0.1, 0.15) is 53.5 Å². The highest BCUT2D eigenvalue weighted by molar-refractivity contribution is 6.31. The Kier molecular flexibility index (Phi) is 8.40. The largest absolute Gasteiger partial charge is 0.507 e. The number of carbonyl (C=O) groups is 1. The van der Waals surface area contributed by atoms with Gasteiger partial charge in [-0.1, -0.05) is 43.6 Å². The molecule has 5 rings (SSSR count). The number of hydrogen-bond donors (Lipinski definition) is 2. The molecule has 1 aliphatic rings. The van der Waals surface area contributed by atoms with Crippen LogP contribution in [0.3, 0.4) is 0 Å². The summed E-state index contributed by atoms with van der Waals surface area (Å²) in [5.41, 5.74) is 3.90. The van der Waals surface area contributed by atoms with Crippen molar-refractivity contribution < 1.29 is 24.1 Å². The predicted molar refractivity (Wildman–Crippen MR) is 158 cm³/mol. The average Bonchev–Trinajstić information content (AvgIpc) is 3.52. The number of nitrogens with one attached hydrogen (secondary N) is 1. The minimum absolute atomic E-state index is 0.0260. The summed E-state index contributed by atoms with van der Waals surface area (Å²) >= 11 is 6.29. The van der Waals surface area contributed by atoms with Gasteiger partial charge in [-0.05, 0) is 72.4 Å². The molecule has 0 radical (unpaired) electrons. The molecule has 1 atom stereocenters. The fraction of sp³-hybridized carbons (Fsp3) is 0.312. The van der Waals surface area contributed by atoms with Crippen LogP contribution < -0.4 is 14.2 Å². The lowest BCUT2D eigenvalue weighted by Gasteiger charge is -2.27. The quantitative estimate of drug-likeness (QED) is 0.207. The third-order valence-electron chi connectivity index (χ3n) is 7.33. The lowest BCUT2D eigenvalue weighted by atomic mass is 9.95. The second kappa shape index (κ2) is 12.1. The van der Waals surface area contributed by atoms with Crippen LogP contribution in [0, 0.1) is 5.92 Å². The van der Waals surface area contributed by atoms with E-state index in [4.69, 9.17) is 25.8 Å². The van der Waals surface area contributed by atoms with Crippen molar-refractivity contribution in [2.45, 2.75) is 32.7 Å². The molecule has 0 saturated heterocycles. The number of amides is 1. The zero-order chi connectivity index (χ0) is 29.1. The summed E-state index contributed by atoms with van der Waals surface area (Å²) in [7, 11) is 3.24. The molecule has 1 aliphatic heterocycles. The molecule has 1 amide bonds. The van der Waals surface area contributed by atoms with E-state index >= 15 is 0 Å². The topological polar surface area (TPSA) is 96.9 Å². The van der Waals surface area contributed by atoms with Gasteiger partial charge in [0.2, 0.25) is 0 Å². The van der Waals surface area contributed by atoms with E-state index in [2.05, 4.69) is 24.0 Å². The Morgan fingerprint density at radius 2 is 1.80 bits per heavy atom. The molecule has 214 valence electrons. The summed E-state index contributed by atoms with van der Waals surface area (Å²) < 4.78 is 17.0. The number of nitrogens with zero attached hydrogens (tertiary/aromatic N) is 2. The summed E-state index contributed by atoms with van der Waals surface area (Å²) in [5, 5.41) is 18.6. The molecule has 2 heterocycles. The van der Waals surface area contributed by atoms with Crippen LogP contribution in [-0.4, -0.2) is 53.5 Å². The van der Waals surface area contributed by atoms with Gasteiger partial charge >= 0.3 is 0 Å². The number of aromatic amines is 1. The van der Waals surface area contributed by atoms with Gasteiger partial charge in [-0.15, -0.1) is 0 Å². The number of ether oxygens (including phenoxy) is 3. The monoisotopic (exact) mass is 575 g/mol. The van der Waals surface area contributed by atoms with Crippen molar-refractivity contribution in [2.75, 3.05) is 27.4 Å². The number of methoxy groups -OCH3 is 2. The fourth-order valence-electron chi connectivity index (χ4n) is 5.10. The molecule has 8 nitrogen and oxygen atoms in total. The van der Waals surface area contributed by atoms with Crippen LogP contribution in [0.2, 0.25) is 5.02 Å². The maximum Gasteiger partial charge on any atom is 0.273 e. The molecule has 0 saturated carbocycles. The molecule has 0 aliphatic carbocycles. The maximum absolute atomic E-state index is 13.8. The first kappa shape index (κ1) is 28.4. The van der Waals surface area contributed by atoms with E-state index in [0.717, 1.165) is 23.3 Å². The minimum Gasteiger partial charge on any atom is -0.507 e. The lowest BCUT2D eigenvalue weighted by molar-refractivity contribution is 0.0745. The molecule has 0 fully saturated rings. The Morgan fingerprint density at radius 1 is 1.02 bits per heavy atom. The third-order valence-corrected chi connectivity index (χ3v) is 7.57. The summed E-state index contributed by atoms with van der Waals surface area (Å²) in [6, 6.07) is 17.9. The normalized spacial score (nSPS) is 14.4. The van der Waals surface area contributed by atoms with Gasteiger partial charge in [0.15, 0.2) is 11.5 Å². The zero-order valence-electron chi connectivity index (χ0n) is 23.6. The molecule has 9 heteroatoms. The molecule has 1 unspecified atom stereocenters. The van der Waals surface area contributed by atoms with Gasteiger partial charge in [-0.3, -0.25) is 9.89 Å². The van der Waals surface area contributed by atoms with E-state index in [1.54, 1.807) is 26.4 Å². The molecule has 3 aromatic carbocycles.